The molecule has 10 aliphatic rings. The van der Waals surface area contributed by atoms with Crippen molar-refractivity contribution in [2.45, 2.75) is 360 Å². The van der Waals surface area contributed by atoms with Crippen LogP contribution in [0.3, 0.4) is 0 Å². The van der Waals surface area contributed by atoms with Gasteiger partial charge in [-0.3, -0.25) is 28.8 Å². The number of rotatable bonds is 37. The van der Waals surface area contributed by atoms with Crippen molar-refractivity contribution in [3.8, 4) is 0 Å². The van der Waals surface area contributed by atoms with E-state index in [0.717, 1.165) is 41.5 Å². The zero-order chi connectivity index (χ0) is 99.9. The Balaban J connectivity index is 1.07. The second-order valence-electron chi connectivity index (χ2n) is 33.9. The molecule has 0 saturated carbocycles. The molecule has 0 radical (unpaired) electrons. The van der Waals surface area contributed by atoms with E-state index in [0.29, 0.717) is 0 Å². The standard InChI is InChI=1S/C75H124N6O54/c1-18(91)76-35-24(97)7-75(74(115)116,134-60(35)41(99)25(98)8-82)135-61-46(104)30(13-87)121-70(54(61)112)128-57-33(16-90)125-69(40(51(57)109)81-23(6)96)133-64-53(111)45(103)29(12-86)123-73(64)131-62-55(113)71(129-58-32(15-89)124-68(39(50(58)108)80-22(5)95)127-56-31(14-88)118-65(114)36(49(56)107)77-19(2)92)126-34(59(62)130-66-37(78-20(3)93)47(105)42(100)26(9-83)119-66)17-117-72-63(52(110)44(102)28(11-85)122-72)132-67-38(79-21(4)94)48(106)43(101)27(10-84)120-67/h24-73,82-90,97-114H,7-17H2,1-6H3,(H,76,91)(H,77,92)(H,78,93)(H,79,94)(H,80,95)(H,81,96)(H,115,116)/t24-,25+,26+,27+,28+,29+,30+,31+,32+,33+,34+,35+,36+,37+,38+,39+,40+,41+,42+,43+,44+,45+,46-,47+,48+,49+,50+,51+,52-,53-,54+,55-,56+,57+,58+,59+,60+,61-,62+,63-,64-,65+,66-,67-,68-,69-,70-,71-,72+,73-,75?/m0/s1. The summed E-state index contributed by atoms with van der Waals surface area (Å²) in [6.07, 6.45) is -101. The molecule has 1 unspecified atom stereocenters. The van der Waals surface area contributed by atoms with Crippen LogP contribution in [0.25, 0.3) is 0 Å². The van der Waals surface area contributed by atoms with Gasteiger partial charge in [0.05, 0.1) is 78.2 Å². The maximum Gasteiger partial charge on any atom is 0.364 e. The number of aliphatic hydroxyl groups excluding tert-OH is 27. The highest BCUT2D eigenvalue weighted by Crippen LogP contribution is 2.44. The number of carboxylic acid groups (broad SMARTS) is 1. The molecule has 0 aromatic heterocycles. The van der Waals surface area contributed by atoms with Crippen LogP contribution in [0.4, 0.5) is 0 Å². The third-order valence-electron chi connectivity index (χ3n) is 24.3. The van der Waals surface area contributed by atoms with Gasteiger partial charge in [-0.25, -0.2) is 4.79 Å². The van der Waals surface area contributed by atoms with Gasteiger partial charge >= 0.3 is 5.97 Å². The van der Waals surface area contributed by atoms with Crippen molar-refractivity contribution in [2.75, 3.05) is 66.1 Å². The third kappa shape index (κ3) is 25.0. The molecule has 34 N–H and O–H groups in total. The lowest BCUT2D eigenvalue weighted by Gasteiger charge is -2.52. The second-order valence-corrected chi connectivity index (χ2v) is 33.9. The first-order valence-corrected chi connectivity index (χ1v) is 42.8. The number of aliphatic hydroxyl groups is 27. The van der Waals surface area contributed by atoms with Gasteiger partial charge in [0.2, 0.25) is 35.4 Å². The van der Waals surface area contributed by atoms with Gasteiger partial charge in [-0.15, -0.1) is 0 Å². The van der Waals surface area contributed by atoms with Gasteiger partial charge in [-0.2, -0.15) is 0 Å². The molecule has 60 nitrogen and oxygen atoms in total. The number of hydrogen-bond donors (Lipinski definition) is 34. The van der Waals surface area contributed by atoms with Crippen LogP contribution < -0.4 is 31.9 Å². The SMILES string of the molecule is CC(=O)N[C@@H]1[C@@H](O)[C@H](O[C@@H]2O[C@H](CO)[C@@H](O[C@@H]3O[C@H](CO[C@@H]4O[C@H](CO)[C@@H](O)[C@H](O)[C@@H]4O[C@@H]4O[C@H](CO)[C@@H](O)[C@H](O)[C@H]4NC(C)=O)[C@@H](O[C@@H]4O[C@H](CO)[C@@H](O)[C@H](O)[C@H]4NC(C)=O)[C@H](O[C@@H]4O[C@H](CO)[C@@H](O)[C@H](O)[C@@H]4O[C@@H]4O[C@H](CO)[C@@H](O[C@@H]5O[C@H](CO)[C@H](O)[C@H](OC6(C(=O)O)C[C@H](O)[C@@H](NC(C)=O)[C@H]([C@H](O)[C@H](O)CO)O6)[C@H]5O)[C@H](O)[C@H]4NC(C)=O)[C@@H]3O)[C@H](O)[C@H]2NC(C)=O)[C@@H](CO)O[C@H]1O. The number of carbonyl (C=O) groups is 7. The quantitative estimate of drug-likeness (QED) is 0.0275. The van der Waals surface area contributed by atoms with Crippen LogP contribution in [-0.2, 0) is 124 Å². The number of nitrogens with one attached hydrogen (secondary N) is 6. The average molecular weight is 1970 g/mol. The van der Waals surface area contributed by atoms with Gasteiger partial charge in [0, 0.05) is 48.0 Å². The minimum atomic E-state index is -3.36. The summed E-state index contributed by atoms with van der Waals surface area (Å²) in [5, 5.41) is 331. The molecule has 0 aromatic carbocycles. The van der Waals surface area contributed by atoms with E-state index in [1.807, 2.05) is 0 Å². The van der Waals surface area contributed by atoms with E-state index < -0.39 is 426 Å². The Morgan fingerprint density at radius 2 is 0.600 bits per heavy atom. The minimum absolute atomic E-state index is 0.830. The Bertz CT molecular complexity index is 3820. The van der Waals surface area contributed by atoms with E-state index in [1.165, 1.54) is 0 Å². The van der Waals surface area contributed by atoms with Crippen molar-refractivity contribution in [1.29, 1.82) is 0 Å². The lowest BCUT2D eigenvalue weighted by molar-refractivity contribution is -0.409. The van der Waals surface area contributed by atoms with Crippen LogP contribution in [0, 0.1) is 0 Å². The Kier molecular flexibility index (Phi) is 40.0. The molecule has 60 heteroatoms. The molecule has 6 amide bonds. The molecule has 51 atom stereocenters. The minimum Gasteiger partial charge on any atom is -0.477 e. The molecule has 10 rings (SSSR count). The van der Waals surface area contributed by atoms with Gasteiger partial charge in [0.1, 0.15) is 238 Å². The number of hydrogen-bond acceptors (Lipinski definition) is 53. The van der Waals surface area contributed by atoms with Crippen LogP contribution in [-0.4, -0.2) is 563 Å². The van der Waals surface area contributed by atoms with Gasteiger partial charge in [-0.1, -0.05) is 0 Å². The maximum atomic E-state index is 13.5. The van der Waals surface area contributed by atoms with Crippen LogP contribution in [0.5, 0.6) is 0 Å². The summed E-state index contributed by atoms with van der Waals surface area (Å²) in [5.41, 5.74) is 0. The molecule has 0 spiro atoms. The highest BCUT2D eigenvalue weighted by Gasteiger charge is 2.65. The van der Waals surface area contributed by atoms with E-state index >= 15 is 0 Å². The fraction of sp³-hybridized carbons (Fsp3) is 0.907. The summed E-state index contributed by atoms with van der Waals surface area (Å²) >= 11 is 0. The summed E-state index contributed by atoms with van der Waals surface area (Å²) in [5.74, 6) is -11.4. The molecule has 0 aliphatic carbocycles. The molecule has 10 fully saturated rings. The number of carbonyl (C=O) groups excluding carboxylic acids is 6. The number of aliphatic carboxylic acids is 1. The van der Waals surface area contributed by atoms with E-state index in [2.05, 4.69) is 31.9 Å². The van der Waals surface area contributed by atoms with Crippen molar-refractivity contribution in [1.82, 2.24) is 31.9 Å². The van der Waals surface area contributed by atoms with Crippen molar-refractivity contribution < 1.29 is 267 Å². The number of carboxylic acids is 1. The topological polar surface area (TPSA) is 933 Å². The predicted octanol–water partition coefficient (Wildman–Crippen LogP) is -22.7. The number of ether oxygens (including phenoxy) is 19. The lowest BCUT2D eigenvalue weighted by Crippen LogP contribution is -2.72. The molecule has 10 aliphatic heterocycles. The van der Waals surface area contributed by atoms with Gasteiger partial charge in [-0.05, 0) is 0 Å². The first kappa shape index (κ1) is 111. The zero-order valence-electron chi connectivity index (χ0n) is 72.8. The maximum absolute atomic E-state index is 13.5. The zero-order valence-corrected chi connectivity index (χ0v) is 72.8. The first-order chi connectivity index (χ1) is 63.7. The van der Waals surface area contributed by atoms with E-state index in [4.69, 9.17) is 90.0 Å². The average Bonchev–Trinajstić information content (AvgIpc) is 0.750. The lowest BCUT2D eigenvalue weighted by atomic mass is 9.88. The Hall–Kier alpha value is -5.55. The summed E-state index contributed by atoms with van der Waals surface area (Å²) < 4.78 is 116. The van der Waals surface area contributed by atoms with Gasteiger partial charge in [0.25, 0.3) is 5.79 Å². The summed E-state index contributed by atoms with van der Waals surface area (Å²) in [6.45, 7) is -6.92. The molecule has 10 heterocycles. The van der Waals surface area contributed by atoms with Crippen molar-refractivity contribution in [3.63, 3.8) is 0 Å². The Morgan fingerprint density at radius 3 is 1.00 bits per heavy atom. The van der Waals surface area contributed by atoms with Gasteiger partial charge < -0.3 is 265 Å². The second kappa shape index (κ2) is 48.5. The third-order valence-corrected chi connectivity index (χ3v) is 24.3. The molecule has 10 saturated heterocycles. The van der Waals surface area contributed by atoms with Crippen molar-refractivity contribution >= 4 is 41.4 Å². The highest BCUT2D eigenvalue weighted by atomic mass is 16.8. The molecular formula is C75H124N6O54. The molecule has 135 heavy (non-hydrogen) atoms. The fourth-order valence-electron chi connectivity index (χ4n) is 17.4. The Labute approximate surface area is 764 Å². The van der Waals surface area contributed by atoms with E-state index in [-0.39, 0.29) is 0 Å². The Morgan fingerprint density at radius 1 is 0.304 bits per heavy atom. The summed E-state index contributed by atoms with van der Waals surface area (Å²) in [7, 11) is 0. The predicted molar refractivity (Wildman–Crippen MR) is 416 cm³/mol. The van der Waals surface area contributed by atoms with E-state index in [9.17, 15) is 177 Å². The molecule has 0 aromatic rings. The van der Waals surface area contributed by atoms with Crippen molar-refractivity contribution in [2.24, 2.45) is 0 Å². The molecular weight excluding hydrogens is 1850 g/mol. The molecule has 0 bridgehead atoms. The van der Waals surface area contributed by atoms with Crippen LogP contribution in [0.15, 0.2) is 0 Å². The van der Waals surface area contributed by atoms with Crippen LogP contribution in [0.1, 0.15) is 48.0 Å². The first-order valence-electron chi connectivity index (χ1n) is 42.8. The summed E-state index contributed by atoms with van der Waals surface area (Å²) in [6, 6.07) is -11.7. The van der Waals surface area contributed by atoms with E-state index in [1.54, 1.807) is 0 Å². The highest BCUT2D eigenvalue weighted by molar-refractivity contribution is 5.77. The van der Waals surface area contributed by atoms with Crippen LogP contribution >= 0.6 is 0 Å². The largest absolute Gasteiger partial charge is 0.477 e. The fourth-order valence-corrected chi connectivity index (χ4v) is 17.4. The summed E-state index contributed by atoms with van der Waals surface area (Å²) in [4.78, 5) is 90.6. The monoisotopic (exact) mass is 1970 g/mol. The van der Waals surface area contributed by atoms with Gasteiger partial charge in [0.15, 0.2) is 56.6 Å². The number of amides is 6. The normalized spacial score (nSPS) is 46.4. The van der Waals surface area contributed by atoms with Crippen LogP contribution in [0.2, 0.25) is 0 Å². The molecule has 778 valence electrons. The van der Waals surface area contributed by atoms with Crippen molar-refractivity contribution in [3.05, 3.63) is 0 Å². The smallest absolute Gasteiger partial charge is 0.364 e.